The van der Waals surface area contributed by atoms with E-state index in [1.165, 1.54) is 18.3 Å². The number of alkyl halides is 3. The number of anilines is 1. The molecule has 2 aliphatic rings. The molecule has 214 valence electrons. The van der Waals surface area contributed by atoms with Gasteiger partial charge in [0.1, 0.15) is 30.4 Å². The second kappa shape index (κ2) is 11.8. The van der Waals surface area contributed by atoms with E-state index in [1.54, 1.807) is 16.7 Å². The van der Waals surface area contributed by atoms with E-state index in [1.807, 2.05) is 18.2 Å². The summed E-state index contributed by atoms with van der Waals surface area (Å²) >= 11 is 6.52. The predicted octanol–water partition coefficient (Wildman–Crippen LogP) is 6.42. The standard InChI is InChI=1S/C27H28ClF3N4O5/c28-23-15-20(5-8-24(23)38-17-22-11-14-34-16-25(35(36)37)32-26(34)39-22)33-12-9-19(10-13-33)2-1-18-3-6-21(7-4-18)40-27(29,30)31/h3-8,15-16,19,22H,1-2,9-14,17H2/t22-/m1/s1. The first-order valence-corrected chi connectivity index (χ1v) is 13.4. The number of fused-ring (bicyclic) bond motifs is 1. The lowest BCUT2D eigenvalue weighted by Gasteiger charge is -2.34. The second-order valence-electron chi connectivity index (χ2n) is 9.95. The molecule has 9 nitrogen and oxygen atoms in total. The quantitative estimate of drug-likeness (QED) is 0.213. The van der Waals surface area contributed by atoms with Crippen molar-refractivity contribution in [1.29, 1.82) is 0 Å². The molecular formula is C27H28ClF3N4O5. The van der Waals surface area contributed by atoms with E-state index in [-0.39, 0.29) is 30.3 Å². The summed E-state index contributed by atoms with van der Waals surface area (Å²) in [6.07, 6.45) is 0.812. The first kappa shape index (κ1) is 27.9. The van der Waals surface area contributed by atoms with Gasteiger partial charge < -0.3 is 29.2 Å². The van der Waals surface area contributed by atoms with Gasteiger partial charge in [0, 0.05) is 36.7 Å². The fourth-order valence-electron chi connectivity index (χ4n) is 5.03. The van der Waals surface area contributed by atoms with E-state index in [0.717, 1.165) is 50.0 Å². The average molecular weight is 581 g/mol. The maximum Gasteiger partial charge on any atom is 0.573 e. The van der Waals surface area contributed by atoms with Gasteiger partial charge in [-0.2, -0.15) is 0 Å². The van der Waals surface area contributed by atoms with E-state index in [9.17, 15) is 23.3 Å². The number of halogens is 4. The van der Waals surface area contributed by atoms with E-state index < -0.39 is 11.3 Å². The van der Waals surface area contributed by atoms with Crippen LogP contribution in [0, 0.1) is 16.0 Å². The molecule has 3 heterocycles. The molecule has 0 radical (unpaired) electrons. The molecule has 1 atom stereocenters. The molecule has 0 bridgehead atoms. The zero-order valence-corrected chi connectivity index (χ0v) is 22.2. The Hall–Kier alpha value is -3.67. The SMILES string of the molecule is O=[N+]([O-])c1cn2c(n1)O[C@@H](COc1ccc(N3CCC(CCc4ccc(OC(F)(F)F)cc4)CC3)cc1Cl)CC2. The van der Waals surface area contributed by atoms with Crippen molar-refractivity contribution >= 4 is 23.1 Å². The number of hydrogen-bond acceptors (Lipinski definition) is 7. The molecule has 0 spiro atoms. The summed E-state index contributed by atoms with van der Waals surface area (Å²) in [5.74, 6) is 0.624. The van der Waals surface area contributed by atoms with Gasteiger partial charge >= 0.3 is 18.2 Å². The Bertz CT molecular complexity index is 1330. The summed E-state index contributed by atoms with van der Waals surface area (Å²) in [5.41, 5.74) is 2.00. The van der Waals surface area contributed by atoms with Crippen LogP contribution in [0.4, 0.5) is 24.7 Å². The van der Waals surface area contributed by atoms with E-state index >= 15 is 0 Å². The topological polar surface area (TPSA) is 91.9 Å². The smallest absolute Gasteiger partial charge is 0.488 e. The number of ether oxygens (including phenoxy) is 3. The lowest BCUT2D eigenvalue weighted by Crippen LogP contribution is -2.33. The number of benzene rings is 2. The minimum Gasteiger partial charge on any atom is -0.488 e. The van der Waals surface area contributed by atoms with Crippen LogP contribution in [0.3, 0.4) is 0 Å². The molecule has 3 aromatic rings. The van der Waals surface area contributed by atoms with Crippen molar-refractivity contribution in [2.24, 2.45) is 5.92 Å². The van der Waals surface area contributed by atoms with Gasteiger partial charge in [-0.3, -0.25) is 4.57 Å². The van der Waals surface area contributed by atoms with Gasteiger partial charge in [-0.15, -0.1) is 13.2 Å². The molecule has 0 N–H and O–H groups in total. The number of aromatic nitrogens is 2. The van der Waals surface area contributed by atoms with Crippen LogP contribution in [0.25, 0.3) is 0 Å². The molecule has 13 heteroatoms. The number of nitrogens with zero attached hydrogens (tertiary/aromatic N) is 4. The number of hydrogen-bond donors (Lipinski definition) is 0. The van der Waals surface area contributed by atoms with Gasteiger partial charge in [-0.1, -0.05) is 23.7 Å². The molecule has 2 aliphatic heterocycles. The van der Waals surface area contributed by atoms with Gasteiger partial charge in [-0.05, 0) is 72.4 Å². The fraction of sp³-hybridized carbons (Fsp3) is 0.444. The van der Waals surface area contributed by atoms with Crippen molar-refractivity contribution in [3.05, 3.63) is 69.4 Å². The van der Waals surface area contributed by atoms with Crippen molar-refractivity contribution < 1.29 is 32.3 Å². The summed E-state index contributed by atoms with van der Waals surface area (Å²) < 4.78 is 54.2. The normalized spacial score (nSPS) is 17.7. The van der Waals surface area contributed by atoms with Crippen molar-refractivity contribution in [1.82, 2.24) is 9.55 Å². The molecule has 0 amide bonds. The fourth-order valence-corrected chi connectivity index (χ4v) is 5.26. The first-order chi connectivity index (χ1) is 19.1. The zero-order valence-electron chi connectivity index (χ0n) is 21.5. The molecule has 2 aromatic carbocycles. The third-order valence-electron chi connectivity index (χ3n) is 7.20. The molecule has 0 saturated carbocycles. The van der Waals surface area contributed by atoms with Gasteiger partial charge in [0.25, 0.3) is 0 Å². The van der Waals surface area contributed by atoms with Crippen molar-refractivity contribution in [3.8, 4) is 17.5 Å². The Morgan fingerprint density at radius 3 is 2.52 bits per heavy atom. The van der Waals surface area contributed by atoms with Crippen molar-refractivity contribution in [3.63, 3.8) is 0 Å². The van der Waals surface area contributed by atoms with Crippen LogP contribution < -0.4 is 19.1 Å². The van der Waals surface area contributed by atoms with Gasteiger partial charge in [0.15, 0.2) is 0 Å². The van der Waals surface area contributed by atoms with E-state index in [2.05, 4.69) is 14.6 Å². The van der Waals surface area contributed by atoms with E-state index in [0.29, 0.717) is 29.7 Å². The molecule has 0 unspecified atom stereocenters. The van der Waals surface area contributed by atoms with Crippen LogP contribution in [0.2, 0.25) is 5.02 Å². The highest BCUT2D eigenvalue weighted by molar-refractivity contribution is 6.32. The molecule has 40 heavy (non-hydrogen) atoms. The maximum absolute atomic E-state index is 12.3. The molecule has 1 fully saturated rings. The first-order valence-electron chi connectivity index (χ1n) is 13.0. The summed E-state index contributed by atoms with van der Waals surface area (Å²) in [5, 5.41) is 11.4. The molecule has 1 saturated heterocycles. The second-order valence-corrected chi connectivity index (χ2v) is 10.4. The van der Waals surface area contributed by atoms with Crippen LogP contribution in [0.5, 0.6) is 17.5 Å². The summed E-state index contributed by atoms with van der Waals surface area (Å²) in [6.45, 7) is 2.56. The number of aryl methyl sites for hydroxylation is 2. The average Bonchev–Trinajstić information content (AvgIpc) is 3.36. The highest BCUT2D eigenvalue weighted by Crippen LogP contribution is 2.33. The number of rotatable bonds is 9. The Morgan fingerprint density at radius 2 is 1.85 bits per heavy atom. The number of piperidine rings is 1. The Morgan fingerprint density at radius 1 is 1.10 bits per heavy atom. The van der Waals surface area contributed by atoms with Crippen LogP contribution in [0.15, 0.2) is 48.7 Å². The highest BCUT2D eigenvalue weighted by atomic mass is 35.5. The maximum atomic E-state index is 12.3. The van der Waals surface area contributed by atoms with Crippen LogP contribution in [-0.2, 0) is 13.0 Å². The molecular weight excluding hydrogens is 553 g/mol. The Kier molecular flexibility index (Phi) is 8.24. The largest absolute Gasteiger partial charge is 0.573 e. The highest BCUT2D eigenvalue weighted by Gasteiger charge is 2.31. The molecule has 5 rings (SSSR count). The van der Waals surface area contributed by atoms with Gasteiger partial charge in [-0.25, -0.2) is 0 Å². The molecule has 1 aromatic heterocycles. The summed E-state index contributed by atoms with van der Waals surface area (Å²) in [6, 6.07) is 12.0. The number of imidazole rings is 1. The summed E-state index contributed by atoms with van der Waals surface area (Å²) in [4.78, 5) is 16.6. The lowest BCUT2D eigenvalue weighted by molar-refractivity contribution is -0.389. The van der Waals surface area contributed by atoms with Crippen LogP contribution in [-0.4, -0.2) is 46.6 Å². The monoisotopic (exact) mass is 580 g/mol. The molecule has 0 aliphatic carbocycles. The van der Waals surface area contributed by atoms with Gasteiger partial charge in [0.05, 0.1) is 5.02 Å². The zero-order chi connectivity index (χ0) is 28.3. The van der Waals surface area contributed by atoms with Gasteiger partial charge in [0.2, 0.25) is 0 Å². The third-order valence-corrected chi connectivity index (χ3v) is 7.49. The predicted molar refractivity (Wildman–Crippen MR) is 141 cm³/mol. The Balaban J connectivity index is 1.06. The third kappa shape index (κ3) is 7.09. The minimum atomic E-state index is -4.68. The van der Waals surface area contributed by atoms with Crippen LogP contribution >= 0.6 is 11.6 Å². The van der Waals surface area contributed by atoms with E-state index in [4.69, 9.17) is 21.1 Å². The number of nitro groups is 1. The van der Waals surface area contributed by atoms with Crippen LogP contribution in [0.1, 0.15) is 31.2 Å². The lowest BCUT2D eigenvalue weighted by atomic mass is 9.90. The van der Waals surface area contributed by atoms with Crippen molar-refractivity contribution in [2.75, 3.05) is 24.6 Å². The Labute approximate surface area is 233 Å². The summed E-state index contributed by atoms with van der Waals surface area (Å²) in [7, 11) is 0. The minimum absolute atomic E-state index is 0.205. The van der Waals surface area contributed by atoms with Crippen molar-refractivity contribution in [2.45, 2.75) is 51.1 Å².